The molecule has 2 aromatic heterocycles. The SMILES string of the molecule is O=C(c1c(F)c(F)c(F)c(F)c1F)n1c(-c2cscn2)nc2ccccc21. The van der Waals surface area contributed by atoms with Crippen molar-refractivity contribution in [3.05, 3.63) is 69.8 Å². The summed E-state index contributed by atoms with van der Waals surface area (Å²) in [6.07, 6.45) is 0. The summed E-state index contributed by atoms with van der Waals surface area (Å²) in [7, 11) is 0. The Morgan fingerprint density at radius 1 is 0.926 bits per heavy atom. The maximum absolute atomic E-state index is 14.1. The first-order valence-corrected chi connectivity index (χ1v) is 8.28. The first-order valence-electron chi connectivity index (χ1n) is 7.34. The fourth-order valence-corrected chi connectivity index (χ4v) is 3.16. The number of carbonyl (C=O) groups excluding carboxylic acids is 1. The van der Waals surface area contributed by atoms with E-state index in [-0.39, 0.29) is 22.6 Å². The number of fused-ring (bicyclic) bond motifs is 1. The summed E-state index contributed by atoms with van der Waals surface area (Å²) < 4.78 is 69.4. The van der Waals surface area contributed by atoms with Crippen LogP contribution >= 0.6 is 11.3 Å². The molecule has 27 heavy (non-hydrogen) atoms. The minimum absolute atomic E-state index is 0.0774. The summed E-state index contributed by atoms with van der Waals surface area (Å²) in [5, 5.41) is 1.53. The van der Waals surface area contributed by atoms with Gasteiger partial charge in [-0.05, 0) is 12.1 Å². The second-order valence-electron chi connectivity index (χ2n) is 5.38. The number of imidazole rings is 1. The van der Waals surface area contributed by atoms with Crippen molar-refractivity contribution in [3.8, 4) is 11.5 Å². The lowest BCUT2D eigenvalue weighted by Gasteiger charge is -2.10. The lowest BCUT2D eigenvalue weighted by atomic mass is 10.1. The van der Waals surface area contributed by atoms with E-state index in [0.717, 1.165) is 4.57 Å². The van der Waals surface area contributed by atoms with Gasteiger partial charge < -0.3 is 0 Å². The lowest BCUT2D eigenvalue weighted by Crippen LogP contribution is -2.20. The maximum atomic E-state index is 14.1. The molecule has 10 heteroatoms. The second-order valence-corrected chi connectivity index (χ2v) is 6.10. The van der Waals surface area contributed by atoms with Crippen LogP contribution in [0, 0.1) is 29.1 Å². The van der Waals surface area contributed by atoms with E-state index in [2.05, 4.69) is 9.97 Å². The number of carbonyl (C=O) groups is 1. The monoisotopic (exact) mass is 395 g/mol. The topological polar surface area (TPSA) is 47.8 Å². The molecule has 0 aliphatic heterocycles. The third-order valence-corrected chi connectivity index (χ3v) is 4.44. The van der Waals surface area contributed by atoms with E-state index in [4.69, 9.17) is 0 Å². The molecule has 0 saturated heterocycles. The Morgan fingerprint density at radius 3 is 2.19 bits per heavy atom. The van der Waals surface area contributed by atoms with Gasteiger partial charge >= 0.3 is 0 Å². The van der Waals surface area contributed by atoms with Crippen molar-refractivity contribution >= 4 is 28.3 Å². The van der Waals surface area contributed by atoms with Gasteiger partial charge in [-0.25, -0.2) is 31.9 Å². The standard InChI is InChI=1S/C17H6F5N3OS/c18-11-10(12(19)14(21)15(22)13(11)20)17(26)25-9-4-2-1-3-7(9)24-16(25)8-5-27-6-23-8/h1-6H. The molecule has 0 aliphatic carbocycles. The molecule has 4 rings (SSSR count). The van der Waals surface area contributed by atoms with Crippen LogP contribution in [0.5, 0.6) is 0 Å². The average molecular weight is 395 g/mol. The van der Waals surface area contributed by atoms with Crippen LogP contribution in [0.25, 0.3) is 22.6 Å². The van der Waals surface area contributed by atoms with Gasteiger partial charge in [0.1, 0.15) is 11.3 Å². The molecule has 2 aromatic carbocycles. The number of nitrogens with zero attached hydrogens (tertiary/aromatic N) is 3. The number of aromatic nitrogens is 3. The predicted octanol–water partition coefficient (Wildman–Crippen LogP) is 4.54. The predicted molar refractivity (Wildman–Crippen MR) is 86.8 cm³/mol. The molecule has 0 N–H and O–H groups in total. The molecule has 0 radical (unpaired) electrons. The molecule has 2 heterocycles. The van der Waals surface area contributed by atoms with Crippen molar-refractivity contribution in [2.45, 2.75) is 0 Å². The minimum atomic E-state index is -2.34. The zero-order valence-electron chi connectivity index (χ0n) is 13.0. The first kappa shape index (κ1) is 17.3. The van der Waals surface area contributed by atoms with Crippen LogP contribution in [0.2, 0.25) is 0 Å². The van der Waals surface area contributed by atoms with E-state index >= 15 is 0 Å². The molecule has 0 fully saturated rings. The maximum Gasteiger partial charge on any atom is 0.270 e. The number of thiazole rings is 1. The van der Waals surface area contributed by atoms with Gasteiger partial charge in [0.25, 0.3) is 5.91 Å². The Hall–Kier alpha value is -3.14. The van der Waals surface area contributed by atoms with Crippen LogP contribution < -0.4 is 0 Å². The van der Waals surface area contributed by atoms with Gasteiger partial charge in [-0.15, -0.1) is 11.3 Å². The third-order valence-electron chi connectivity index (χ3n) is 3.85. The summed E-state index contributed by atoms with van der Waals surface area (Å²) in [5.41, 5.74) is 0.522. The van der Waals surface area contributed by atoms with Crippen molar-refractivity contribution in [3.63, 3.8) is 0 Å². The minimum Gasteiger partial charge on any atom is -0.268 e. The number of hydrogen-bond acceptors (Lipinski definition) is 4. The molecule has 4 aromatic rings. The summed E-state index contributed by atoms with van der Waals surface area (Å²) in [5.74, 6) is -12.7. The normalized spacial score (nSPS) is 11.3. The number of para-hydroxylation sites is 2. The average Bonchev–Trinajstić information content (AvgIpc) is 3.32. The Labute approximate surface area is 151 Å². The molecule has 0 spiro atoms. The highest BCUT2D eigenvalue weighted by Crippen LogP contribution is 2.29. The summed E-state index contributed by atoms with van der Waals surface area (Å²) in [4.78, 5) is 21.1. The number of benzene rings is 2. The first-order chi connectivity index (χ1) is 12.9. The van der Waals surface area contributed by atoms with Crippen molar-refractivity contribution in [1.82, 2.24) is 14.5 Å². The van der Waals surface area contributed by atoms with Gasteiger partial charge in [-0.3, -0.25) is 9.36 Å². The van der Waals surface area contributed by atoms with Crippen molar-refractivity contribution in [1.29, 1.82) is 0 Å². The number of hydrogen-bond donors (Lipinski definition) is 0. The Balaban J connectivity index is 2.04. The van der Waals surface area contributed by atoms with E-state index in [1.54, 1.807) is 6.07 Å². The second kappa shape index (κ2) is 6.23. The summed E-state index contributed by atoms with van der Waals surface area (Å²) in [6.45, 7) is 0. The van der Waals surface area contributed by atoms with E-state index in [9.17, 15) is 26.7 Å². The fraction of sp³-hybridized carbons (Fsp3) is 0. The van der Waals surface area contributed by atoms with Crippen LogP contribution in [-0.2, 0) is 0 Å². The van der Waals surface area contributed by atoms with Crippen LogP contribution in [-0.4, -0.2) is 20.4 Å². The van der Waals surface area contributed by atoms with Crippen LogP contribution in [0.3, 0.4) is 0 Å². The Bertz CT molecular complexity index is 1170. The molecule has 0 atom stereocenters. The molecule has 0 bridgehead atoms. The number of rotatable bonds is 2. The van der Waals surface area contributed by atoms with Gasteiger partial charge in [0.15, 0.2) is 29.1 Å². The van der Waals surface area contributed by atoms with Gasteiger partial charge in [0.05, 0.1) is 16.5 Å². The molecular weight excluding hydrogens is 389 g/mol. The summed E-state index contributed by atoms with van der Waals surface area (Å²) >= 11 is 1.18. The van der Waals surface area contributed by atoms with Gasteiger partial charge in [-0.2, -0.15) is 0 Å². The smallest absolute Gasteiger partial charge is 0.268 e. The zero-order chi connectivity index (χ0) is 19.3. The van der Waals surface area contributed by atoms with Crippen LogP contribution in [0.4, 0.5) is 22.0 Å². The van der Waals surface area contributed by atoms with Crippen LogP contribution in [0.15, 0.2) is 35.2 Å². The molecule has 4 nitrogen and oxygen atoms in total. The quantitative estimate of drug-likeness (QED) is 0.284. The molecule has 136 valence electrons. The van der Waals surface area contributed by atoms with E-state index in [0.29, 0.717) is 0 Å². The Kier molecular flexibility index (Phi) is 3.99. The Morgan fingerprint density at radius 2 is 1.56 bits per heavy atom. The number of halogens is 5. The van der Waals surface area contributed by atoms with Gasteiger partial charge in [0, 0.05) is 5.38 Å². The third kappa shape index (κ3) is 2.52. The highest BCUT2D eigenvalue weighted by molar-refractivity contribution is 7.07. The zero-order valence-corrected chi connectivity index (χ0v) is 13.8. The highest BCUT2D eigenvalue weighted by Gasteiger charge is 2.32. The van der Waals surface area contributed by atoms with E-state index in [1.807, 2.05) is 0 Å². The summed E-state index contributed by atoms with van der Waals surface area (Å²) in [6, 6.07) is 6.13. The molecule has 0 amide bonds. The molecular formula is C17H6F5N3OS. The van der Waals surface area contributed by atoms with Crippen molar-refractivity contribution < 1.29 is 26.7 Å². The molecule has 0 saturated carbocycles. The van der Waals surface area contributed by atoms with Gasteiger partial charge in [0.2, 0.25) is 5.82 Å². The van der Waals surface area contributed by atoms with Gasteiger partial charge in [-0.1, -0.05) is 12.1 Å². The van der Waals surface area contributed by atoms with E-state index in [1.165, 1.54) is 40.4 Å². The molecule has 0 aliphatic rings. The highest BCUT2D eigenvalue weighted by atomic mass is 32.1. The largest absolute Gasteiger partial charge is 0.270 e. The van der Waals surface area contributed by atoms with Crippen LogP contribution in [0.1, 0.15) is 10.4 Å². The molecule has 0 unspecified atom stereocenters. The van der Waals surface area contributed by atoms with Crippen molar-refractivity contribution in [2.75, 3.05) is 0 Å². The van der Waals surface area contributed by atoms with E-state index < -0.39 is 40.6 Å². The van der Waals surface area contributed by atoms with Crippen molar-refractivity contribution in [2.24, 2.45) is 0 Å². The fourth-order valence-electron chi connectivity index (χ4n) is 2.63. The lowest BCUT2D eigenvalue weighted by molar-refractivity contribution is 0.0954.